The fourth-order valence-corrected chi connectivity index (χ4v) is 0.829. The Kier molecular flexibility index (Phi) is 4.90. The molecule has 2 N–H and O–H groups in total. The van der Waals surface area contributed by atoms with Crippen molar-refractivity contribution >= 4 is 11.9 Å². The first-order valence-electron chi connectivity index (χ1n) is 4.37. The molecule has 1 aliphatic rings. The van der Waals surface area contributed by atoms with Gasteiger partial charge in [-0.2, -0.15) is 13.2 Å². The molecule has 0 saturated carbocycles. The molecule has 6 nitrogen and oxygen atoms in total. The molecular formula is C8H12F3NO5. The van der Waals surface area contributed by atoms with Crippen LogP contribution in [0.2, 0.25) is 0 Å². The monoisotopic (exact) mass is 259 g/mol. The molecule has 100 valence electrons. The minimum absolute atomic E-state index is 0.354. The number of aliphatic carboxylic acids is 1. The van der Waals surface area contributed by atoms with E-state index in [0.717, 1.165) is 0 Å². The first-order chi connectivity index (χ1) is 7.49. The lowest BCUT2D eigenvalue weighted by Gasteiger charge is -2.14. The third kappa shape index (κ3) is 5.50. The van der Waals surface area contributed by atoms with Crippen molar-refractivity contribution in [3.8, 4) is 0 Å². The van der Waals surface area contributed by atoms with Crippen molar-refractivity contribution in [3.05, 3.63) is 0 Å². The van der Waals surface area contributed by atoms with Gasteiger partial charge in [0.05, 0.1) is 0 Å². The molecule has 0 aromatic carbocycles. The van der Waals surface area contributed by atoms with Crippen LogP contribution in [0.4, 0.5) is 13.2 Å². The molecule has 0 aromatic heterocycles. The molecule has 1 atom stereocenters. The highest BCUT2D eigenvalue weighted by Crippen LogP contribution is 2.21. The zero-order chi connectivity index (χ0) is 13.9. The Labute approximate surface area is 94.7 Å². The number of esters is 1. The van der Waals surface area contributed by atoms with Crippen LogP contribution in [0.25, 0.3) is 0 Å². The van der Waals surface area contributed by atoms with Crippen molar-refractivity contribution in [1.29, 1.82) is 0 Å². The second-order valence-corrected chi connectivity index (χ2v) is 3.41. The number of halogens is 3. The molecule has 1 aliphatic heterocycles. The lowest BCUT2D eigenvalue weighted by atomic mass is 10.4. The van der Waals surface area contributed by atoms with Crippen LogP contribution in [-0.4, -0.2) is 42.3 Å². The van der Waals surface area contributed by atoms with E-state index >= 15 is 0 Å². The molecule has 0 aliphatic carbocycles. The summed E-state index contributed by atoms with van der Waals surface area (Å²) in [4.78, 5) is 19.7. The highest BCUT2D eigenvalue weighted by atomic mass is 19.4. The number of carbonyl (C=O) groups excluding carboxylic acids is 1. The van der Waals surface area contributed by atoms with Gasteiger partial charge in [-0.1, -0.05) is 0 Å². The summed E-state index contributed by atoms with van der Waals surface area (Å²) in [6, 6.07) is 0. The maximum atomic E-state index is 10.8. The molecule has 1 fully saturated rings. The first-order valence-corrected chi connectivity index (χ1v) is 4.37. The maximum Gasteiger partial charge on any atom is 0.490 e. The number of hydrogen-bond acceptors (Lipinski definition) is 5. The van der Waals surface area contributed by atoms with Gasteiger partial charge >= 0.3 is 18.1 Å². The molecule has 9 heteroatoms. The van der Waals surface area contributed by atoms with Crippen molar-refractivity contribution in [2.45, 2.75) is 32.0 Å². The molecule has 0 bridgehead atoms. The molecule has 17 heavy (non-hydrogen) atoms. The summed E-state index contributed by atoms with van der Waals surface area (Å²) in [6.07, 6.45) is -5.69. The topological polar surface area (TPSA) is 84.9 Å². The van der Waals surface area contributed by atoms with Crippen molar-refractivity contribution in [1.82, 2.24) is 5.32 Å². The molecule has 1 heterocycles. The predicted octanol–water partition coefficient (Wildman–Crippen LogP) is 0.475. The van der Waals surface area contributed by atoms with Crippen LogP contribution in [0, 0.1) is 0 Å². The van der Waals surface area contributed by atoms with E-state index in [1.54, 1.807) is 20.9 Å². The number of carboxylic acid groups (broad SMARTS) is 1. The number of ether oxygens (including phenoxy) is 2. The van der Waals surface area contributed by atoms with Crippen LogP contribution >= 0.6 is 0 Å². The summed E-state index contributed by atoms with van der Waals surface area (Å²) in [5.41, 5.74) is 0. The van der Waals surface area contributed by atoms with E-state index in [9.17, 15) is 18.0 Å². The van der Waals surface area contributed by atoms with E-state index in [2.05, 4.69) is 5.32 Å². The number of hydrogen-bond donors (Lipinski definition) is 2. The number of rotatable bonds is 1. The Morgan fingerprint density at radius 2 is 1.88 bits per heavy atom. The van der Waals surface area contributed by atoms with E-state index in [4.69, 9.17) is 19.4 Å². The fraction of sp³-hybridized carbons (Fsp3) is 0.750. The Balaban J connectivity index is 0.000000325. The van der Waals surface area contributed by atoms with Gasteiger partial charge in [-0.25, -0.2) is 9.59 Å². The molecule has 0 aromatic rings. The second-order valence-electron chi connectivity index (χ2n) is 3.41. The van der Waals surface area contributed by atoms with Crippen LogP contribution in [0.15, 0.2) is 0 Å². The molecule has 0 radical (unpaired) electrons. The van der Waals surface area contributed by atoms with E-state index in [-0.39, 0.29) is 5.97 Å². The number of carboxylic acids is 1. The average molecular weight is 259 g/mol. The number of likely N-dealkylation sites (N-methyl/N-ethyl adjacent to an activating group) is 1. The largest absolute Gasteiger partial charge is 0.490 e. The fourth-order valence-electron chi connectivity index (χ4n) is 0.829. The van der Waals surface area contributed by atoms with E-state index < -0.39 is 24.2 Å². The normalized spacial score (nSPS) is 22.5. The first kappa shape index (κ1) is 15.7. The third-order valence-corrected chi connectivity index (χ3v) is 1.47. The number of carbonyl (C=O) groups is 2. The van der Waals surface area contributed by atoms with Crippen LogP contribution in [0.3, 0.4) is 0 Å². The van der Waals surface area contributed by atoms with Gasteiger partial charge in [-0.3, -0.25) is 5.32 Å². The molecule has 0 spiro atoms. The Hall–Kier alpha value is -1.35. The van der Waals surface area contributed by atoms with Gasteiger partial charge in [0.2, 0.25) is 12.0 Å². The number of alkyl halides is 3. The molecule has 1 rings (SSSR count). The van der Waals surface area contributed by atoms with Gasteiger partial charge in [0.15, 0.2) is 0 Å². The van der Waals surface area contributed by atoms with E-state index in [1.807, 2.05) is 0 Å². The zero-order valence-corrected chi connectivity index (χ0v) is 9.29. The number of nitrogens with one attached hydrogen (secondary N) is 1. The summed E-state index contributed by atoms with van der Waals surface area (Å²) in [5.74, 6) is -3.88. The predicted molar refractivity (Wildman–Crippen MR) is 47.8 cm³/mol. The van der Waals surface area contributed by atoms with Gasteiger partial charge in [0.25, 0.3) is 0 Å². The SMILES string of the molecule is CN[C@H]1OC(C)(C)OC1=O.O=C(O)C(F)(F)F. The van der Waals surface area contributed by atoms with Crippen molar-refractivity contribution in [2.24, 2.45) is 0 Å². The summed E-state index contributed by atoms with van der Waals surface area (Å²) < 4.78 is 41.7. The standard InChI is InChI=1S/C6H11NO3.C2HF3O2/c1-6(2)9-4(7-3)5(8)10-6;3-2(4,5)1(6)7/h4,7H,1-3H3;(H,6,7)/t4-;/m0./s1. The lowest BCUT2D eigenvalue weighted by Crippen LogP contribution is -2.32. The second kappa shape index (κ2) is 5.32. The minimum Gasteiger partial charge on any atom is -0.475 e. The van der Waals surface area contributed by atoms with E-state index in [1.165, 1.54) is 0 Å². The highest BCUT2D eigenvalue weighted by molar-refractivity contribution is 5.76. The molecule has 0 amide bonds. The van der Waals surface area contributed by atoms with Crippen LogP contribution in [0.1, 0.15) is 13.8 Å². The third-order valence-electron chi connectivity index (χ3n) is 1.47. The summed E-state index contributed by atoms with van der Waals surface area (Å²) >= 11 is 0. The van der Waals surface area contributed by atoms with E-state index in [0.29, 0.717) is 0 Å². The molecule has 0 unspecified atom stereocenters. The quantitative estimate of drug-likeness (QED) is 0.666. The van der Waals surface area contributed by atoms with Crippen molar-refractivity contribution in [2.75, 3.05) is 7.05 Å². The van der Waals surface area contributed by atoms with Crippen LogP contribution in [-0.2, 0) is 19.1 Å². The van der Waals surface area contributed by atoms with Gasteiger partial charge in [-0.05, 0) is 7.05 Å². The summed E-state index contributed by atoms with van der Waals surface area (Å²) in [7, 11) is 1.65. The Bertz CT molecular complexity index is 302. The van der Waals surface area contributed by atoms with Gasteiger partial charge in [0.1, 0.15) is 0 Å². The molecular weight excluding hydrogens is 247 g/mol. The zero-order valence-electron chi connectivity index (χ0n) is 9.29. The molecule has 1 saturated heterocycles. The highest BCUT2D eigenvalue weighted by Gasteiger charge is 2.40. The average Bonchev–Trinajstić information content (AvgIpc) is 2.38. The summed E-state index contributed by atoms with van der Waals surface area (Å²) in [5, 5.41) is 9.80. The Morgan fingerprint density at radius 1 is 1.47 bits per heavy atom. The maximum absolute atomic E-state index is 10.8. The van der Waals surface area contributed by atoms with Gasteiger partial charge < -0.3 is 14.6 Å². The van der Waals surface area contributed by atoms with Crippen LogP contribution < -0.4 is 5.32 Å². The van der Waals surface area contributed by atoms with Gasteiger partial charge in [0, 0.05) is 13.8 Å². The van der Waals surface area contributed by atoms with Crippen molar-refractivity contribution < 1.29 is 37.3 Å². The Morgan fingerprint density at radius 3 is 2.00 bits per heavy atom. The van der Waals surface area contributed by atoms with Crippen LogP contribution in [0.5, 0.6) is 0 Å². The smallest absolute Gasteiger partial charge is 0.475 e. The van der Waals surface area contributed by atoms with Gasteiger partial charge in [-0.15, -0.1) is 0 Å². The van der Waals surface area contributed by atoms with Crippen molar-refractivity contribution in [3.63, 3.8) is 0 Å². The summed E-state index contributed by atoms with van der Waals surface area (Å²) in [6.45, 7) is 3.39. The minimum atomic E-state index is -5.08. The number of cyclic esters (lactones) is 1. The lowest BCUT2D eigenvalue weighted by molar-refractivity contribution is -0.192.